The molecule has 20 heavy (non-hydrogen) atoms. The molecule has 1 aromatic carbocycles. The van der Waals surface area contributed by atoms with Gasteiger partial charge in [0.15, 0.2) is 0 Å². The molecule has 1 aliphatic heterocycles. The molecule has 0 aromatic heterocycles. The van der Waals surface area contributed by atoms with Gasteiger partial charge in [-0.3, -0.25) is 4.90 Å². The Morgan fingerprint density at radius 1 is 1.15 bits per heavy atom. The zero-order valence-electron chi connectivity index (χ0n) is 13.8. The molecule has 2 atom stereocenters. The van der Waals surface area contributed by atoms with E-state index in [1.807, 2.05) is 0 Å². The van der Waals surface area contributed by atoms with E-state index in [0.29, 0.717) is 18.0 Å². The smallest absolute Gasteiger partial charge is 0.0664 e. The molecule has 1 aliphatic rings. The van der Waals surface area contributed by atoms with Crippen molar-refractivity contribution in [3.05, 3.63) is 35.4 Å². The van der Waals surface area contributed by atoms with Gasteiger partial charge in [-0.05, 0) is 44.7 Å². The second-order valence-corrected chi connectivity index (χ2v) is 7.26. The molecule has 1 saturated heterocycles. The van der Waals surface area contributed by atoms with Crippen molar-refractivity contribution in [1.82, 2.24) is 4.90 Å². The van der Waals surface area contributed by atoms with Crippen LogP contribution in [-0.2, 0) is 4.74 Å². The van der Waals surface area contributed by atoms with Crippen LogP contribution < -0.4 is 0 Å². The van der Waals surface area contributed by atoms with Crippen molar-refractivity contribution >= 4 is 0 Å². The molecule has 0 amide bonds. The lowest BCUT2D eigenvalue weighted by atomic mass is 9.88. The van der Waals surface area contributed by atoms with Crippen LogP contribution in [0.2, 0.25) is 0 Å². The van der Waals surface area contributed by atoms with Crippen LogP contribution in [0.5, 0.6) is 0 Å². The first-order valence-electron chi connectivity index (χ1n) is 7.77. The molecule has 0 N–H and O–H groups in total. The number of benzene rings is 1. The van der Waals surface area contributed by atoms with Gasteiger partial charge in [0.25, 0.3) is 0 Å². The van der Waals surface area contributed by atoms with Crippen LogP contribution in [-0.4, -0.2) is 29.7 Å². The zero-order chi connectivity index (χ0) is 14.9. The van der Waals surface area contributed by atoms with Gasteiger partial charge < -0.3 is 4.74 Å². The fourth-order valence-corrected chi connectivity index (χ4v) is 3.53. The van der Waals surface area contributed by atoms with Crippen LogP contribution in [0.15, 0.2) is 24.3 Å². The molecular formula is C18H29NO. The first-order chi connectivity index (χ1) is 9.32. The molecule has 2 rings (SSSR count). The molecule has 1 heterocycles. The van der Waals surface area contributed by atoms with E-state index < -0.39 is 0 Å². The molecular weight excluding hydrogens is 246 g/mol. The fourth-order valence-electron chi connectivity index (χ4n) is 3.53. The summed E-state index contributed by atoms with van der Waals surface area (Å²) in [5.74, 6) is 0.547. The van der Waals surface area contributed by atoms with Crippen molar-refractivity contribution in [2.24, 2.45) is 0 Å². The van der Waals surface area contributed by atoms with E-state index >= 15 is 0 Å². The Kier molecular flexibility index (Phi) is 4.55. The highest BCUT2D eigenvalue weighted by atomic mass is 16.5. The summed E-state index contributed by atoms with van der Waals surface area (Å²) in [5.41, 5.74) is 3.03. The van der Waals surface area contributed by atoms with Crippen molar-refractivity contribution in [2.75, 3.05) is 13.2 Å². The topological polar surface area (TPSA) is 12.5 Å². The van der Waals surface area contributed by atoms with Gasteiger partial charge in [-0.1, -0.05) is 38.1 Å². The van der Waals surface area contributed by atoms with Gasteiger partial charge >= 0.3 is 0 Å². The Labute approximate surface area is 124 Å². The van der Waals surface area contributed by atoms with Crippen LogP contribution in [0.1, 0.15) is 64.6 Å². The fraction of sp³-hybridized carbons (Fsp3) is 0.667. The molecule has 2 nitrogen and oxygen atoms in total. The zero-order valence-corrected chi connectivity index (χ0v) is 13.8. The quantitative estimate of drug-likeness (QED) is 0.794. The summed E-state index contributed by atoms with van der Waals surface area (Å²) >= 11 is 0. The summed E-state index contributed by atoms with van der Waals surface area (Å²) in [6.07, 6.45) is 0. The summed E-state index contributed by atoms with van der Waals surface area (Å²) in [4.78, 5) is 2.62. The molecule has 0 bridgehead atoms. The molecule has 1 aromatic rings. The SMILES string of the molecule is CC(C)c1ccccc1C1COCC(C)N1C(C)(C)C. The van der Waals surface area contributed by atoms with Crippen molar-refractivity contribution in [2.45, 2.75) is 65.1 Å². The lowest BCUT2D eigenvalue weighted by molar-refractivity contribution is -0.0862. The summed E-state index contributed by atoms with van der Waals surface area (Å²) in [6.45, 7) is 15.4. The third-order valence-corrected chi connectivity index (χ3v) is 4.20. The van der Waals surface area contributed by atoms with Crippen LogP contribution in [0, 0.1) is 0 Å². The Morgan fingerprint density at radius 3 is 2.40 bits per heavy atom. The maximum atomic E-state index is 5.87. The first kappa shape index (κ1) is 15.5. The third-order valence-electron chi connectivity index (χ3n) is 4.20. The van der Waals surface area contributed by atoms with Crippen molar-refractivity contribution in [3.63, 3.8) is 0 Å². The molecule has 112 valence electrons. The second-order valence-electron chi connectivity index (χ2n) is 7.26. The summed E-state index contributed by atoms with van der Waals surface area (Å²) in [5, 5.41) is 0. The van der Waals surface area contributed by atoms with Crippen molar-refractivity contribution in [3.8, 4) is 0 Å². The molecule has 0 aliphatic carbocycles. The van der Waals surface area contributed by atoms with E-state index in [1.54, 1.807) is 0 Å². The van der Waals surface area contributed by atoms with E-state index in [0.717, 1.165) is 13.2 Å². The number of hydrogen-bond acceptors (Lipinski definition) is 2. The lowest BCUT2D eigenvalue weighted by Gasteiger charge is -2.49. The van der Waals surface area contributed by atoms with Gasteiger partial charge in [-0.2, -0.15) is 0 Å². The molecule has 0 spiro atoms. The standard InChI is InChI=1S/C18H29NO/c1-13(2)15-9-7-8-10-16(15)17-12-20-11-14(3)19(17)18(4,5)6/h7-10,13-14,17H,11-12H2,1-6H3. The highest BCUT2D eigenvalue weighted by Gasteiger charge is 2.37. The number of rotatable bonds is 2. The van der Waals surface area contributed by atoms with Crippen LogP contribution in [0.4, 0.5) is 0 Å². The summed E-state index contributed by atoms with van der Waals surface area (Å²) in [7, 11) is 0. The highest BCUT2D eigenvalue weighted by molar-refractivity contribution is 5.33. The van der Waals surface area contributed by atoms with Gasteiger partial charge in [-0.15, -0.1) is 0 Å². The van der Waals surface area contributed by atoms with Crippen molar-refractivity contribution in [1.29, 1.82) is 0 Å². The van der Waals surface area contributed by atoms with E-state index in [-0.39, 0.29) is 5.54 Å². The first-order valence-corrected chi connectivity index (χ1v) is 7.77. The lowest BCUT2D eigenvalue weighted by Crippen LogP contribution is -2.55. The minimum atomic E-state index is 0.151. The normalized spacial score (nSPS) is 25.1. The van der Waals surface area contributed by atoms with Crippen LogP contribution in [0.3, 0.4) is 0 Å². The van der Waals surface area contributed by atoms with Crippen LogP contribution >= 0.6 is 0 Å². The van der Waals surface area contributed by atoms with Gasteiger partial charge in [0.2, 0.25) is 0 Å². The number of morpholine rings is 1. The Balaban J connectivity index is 2.43. The van der Waals surface area contributed by atoms with E-state index in [9.17, 15) is 0 Å². The molecule has 0 saturated carbocycles. The minimum Gasteiger partial charge on any atom is -0.378 e. The highest BCUT2D eigenvalue weighted by Crippen LogP contribution is 2.37. The number of nitrogens with zero attached hydrogens (tertiary/aromatic N) is 1. The average molecular weight is 275 g/mol. The molecule has 0 radical (unpaired) electrons. The van der Waals surface area contributed by atoms with E-state index in [4.69, 9.17) is 4.74 Å². The Bertz CT molecular complexity index is 447. The number of ether oxygens (including phenoxy) is 1. The largest absolute Gasteiger partial charge is 0.378 e. The van der Waals surface area contributed by atoms with E-state index in [1.165, 1.54) is 11.1 Å². The third kappa shape index (κ3) is 3.07. The summed E-state index contributed by atoms with van der Waals surface area (Å²) in [6, 6.07) is 9.65. The predicted octanol–water partition coefficient (Wildman–Crippen LogP) is 4.37. The van der Waals surface area contributed by atoms with Crippen LogP contribution in [0.25, 0.3) is 0 Å². The minimum absolute atomic E-state index is 0.151. The number of hydrogen-bond donors (Lipinski definition) is 0. The van der Waals surface area contributed by atoms with Crippen molar-refractivity contribution < 1.29 is 4.74 Å². The summed E-state index contributed by atoms with van der Waals surface area (Å²) < 4.78 is 5.87. The molecule has 1 fully saturated rings. The van der Waals surface area contributed by atoms with Gasteiger partial charge in [0, 0.05) is 11.6 Å². The van der Waals surface area contributed by atoms with Gasteiger partial charge in [-0.25, -0.2) is 0 Å². The maximum absolute atomic E-state index is 5.87. The Morgan fingerprint density at radius 2 is 1.80 bits per heavy atom. The maximum Gasteiger partial charge on any atom is 0.0664 e. The van der Waals surface area contributed by atoms with E-state index in [2.05, 4.69) is 70.7 Å². The van der Waals surface area contributed by atoms with Gasteiger partial charge in [0.05, 0.1) is 19.3 Å². The Hall–Kier alpha value is -0.860. The second kappa shape index (κ2) is 5.87. The molecule has 2 unspecified atom stereocenters. The average Bonchev–Trinajstić information content (AvgIpc) is 2.36. The molecule has 2 heteroatoms. The predicted molar refractivity (Wildman–Crippen MR) is 85.1 cm³/mol. The van der Waals surface area contributed by atoms with Gasteiger partial charge in [0.1, 0.15) is 0 Å². The monoisotopic (exact) mass is 275 g/mol.